The molecule has 3 rings (SSSR count). The number of aromatic hydroxyl groups is 1. The SMILES string of the molecule is O=C(O)Cc1cc(Cl)c(Cc2ccc(O)c(CN3CCCCC3=O)c2)c(Cl)c1. The lowest BCUT2D eigenvalue weighted by atomic mass is 9.99. The number of benzene rings is 2. The zero-order valence-corrected chi connectivity index (χ0v) is 16.8. The van der Waals surface area contributed by atoms with Gasteiger partial charge in [0.05, 0.1) is 6.42 Å². The van der Waals surface area contributed by atoms with Crippen LogP contribution in [0.5, 0.6) is 5.75 Å². The summed E-state index contributed by atoms with van der Waals surface area (Å²) in [5.74, 6) is -0.692. The number of nitrogens with zero attached hydrogens (tertiary/aromatic N) is 1. The van der Waals surface area contributed by atoms with Gasteiger partial charge >= 0.3 is 5.97 Å². The third-order valence-electron chi connectivity index (χ3n) is 4.86. The standard InChI is InChI=1S/C21H21Cl2NO4/c22-17-9-14(11-21(27)28)10-18(23)16(17)8-13-4-5-19(25)15(7-13)12-24-6-2-1-3-20(24)26/h4-5,7,9-10,25H,1-3,6,8,11-12H2,(H,27,28). The molecule has 0 atom stereocenters. The van der Waals surface area contributed by atoms with Crippen LogP contribution in [0.2, 0.25) is 10.0 Å². The maximum absolute atomic E-state index is 12.1. The molecule has 28 heavy (non-hydrogen) atoms. The van der Waals surface area contributed by atoms with Crippen LogP contribution in [0.1, 0.15) is 41.5 Å². The molecule has 1 aliphatic heterocycles. The average Bonchev–Trinajstić information content (AvgIpc) is 2.62. The summed E-state index contributed by atoms with van der Waals surface area (Å²) >= 11 is 12.7. The van der Waals surface area contributed by atoms with Crippen molar-refractivity contribution < 1.29 is 19.8 Å². The number of piperidine rings is 1. The fourth-order valence-electron chi connectivity index (χ4n) is 3.42. The lowest BCUT2D eigenvalue weighted by Gasteiger charge is -2.27. The average molecular weight is 422 g/mol. The first-order chi connectivity index (χ1) is 13.3. The van der Waals surface area contributed by atoms with E-state index in [4.69, 9.17) is 28.3 Å². The van der Waals surface area contributed by atoms with E-state index in [-0.39, 0.29) is 18.1 Å². The minimum absolute atomic E-state index is 0.108. The van der Waals surface area contributed by atoms with Crippen LogP contribution in [0.4, 0.5) is 0 Å². The van der Waals surface area contributed by atoms with Crippen molar-refractivity contribution in [3.63, 3.8) is 0 Å². The lowest BCUT2D eigenvalue weighted by Crippen LogP contribution is -2.34. The molecule has 0 radical (unpaired) electrons. The van der Waals surface area contributed by atoms with E-state index in [1.165, 1.54) is 0 Å². The summed E-state index contributed by atoms with van der Waals surface area (Å²) < 4.78 is 0. The highest BCUT2D eigenvalue weighted by Crippen LogP contribution is 2.31. The molecule has 0 saturated carbocycles. The van der Waals surface area contributed by atoms with Gasteiger partial charge in [-0.05, 0) is 53.8 Å². The number of rotatable bonds is 6. The maximum Gasteiger partial charge on any atom is 0.307 e. The molecule has 0 aromatic heterocycles. The van der Waals surface area contributed by atoms with Crippen LogP contribution in [0.15, 0.2) is 30.3 Å². The molecule has 1 amide bonds. The molecule has 5 nitrogen and oxygen atoms in total. The van der Waals surface area contributed by atoms with E-state index < -0.39 is 5.97 Å². The van der Waals surface area contributed by atoms with Gasteiger partial charge in [-0.2, -0.15) is 0 Å². The third-order valence-corrected chi connectivity index (χ3v) is 5.54. The molecule has 1 heterocycles. The molecule has 148 valence electrons. The molecule has 2 aromatic rings. The number of carbonyl (C=O) groups excluding carboxylic acids is 1. The summed E-state index contributed by atoms with van der Waals surface area (Å²) in [5, 5.41) is 19.9. The minimum atomic E-state index is -0.949. The number of phenols is 1. The Morgan fingerprint density at radius 3 is 2.43 bits per heavy atom. The Hall–Kier alpha value is -2.24. The molecule has 0 bridgehead atoms. The Bertz CT molecular complexity index is 890. The van der Waals surface area contributed by atoms with E-state index in [0.29, 0.717) is 52.7 Å². The fourth-order valence-corrected chi connectivity index (χ4v) is 4.08. The van der Waals surface area contributed by atoms with E-state index in [1.54, 1.807) is 29.2 Å². The first-order valence-electron chi connectivity index (χ1n) is 9.10. The van der Waals surface area contributed by atoms with E-state index >= 15 is 0 Å². The van der Waals surface area contributed by atoms with Crippen LogP contribution in [-0.2, 0) is 29.0 Å². The largest absolute Gasteiger partial charge is 0.508 e. The monoisotopic (exact) mass is 421 g/mol. The zero-order chi connectivity index (χ0) is 20.3. The molecular weight excluding hydrogens is 401 g/mol. The normalized spacial score (nSPS) is 14.4. The predicted octanol–water partition coefficient (Wildman–Crippen LogP) is 4.43. The number of carboxylic acids is 1. The van der Waals surface area contributed by atoms with Gasteiger partial charge in [0.1, 0.15) is 5.75 Å². The van der Waals surface area contributed by atoms with Crippen LogP contribution in [0.3, 0.4) is 0 Å². The van der Waals surface area contributed by atoms with Crippen LogP contribution in [0.25, 0.3) is 0 Å². The lowest BCUT2D eigenvalue weighted by molar-refractivity contribution is -0.136. The van der Waals surface area contributed by atoms with Gasteiger partial charge in [0.2, 0.25) is 5.91 Å². The van der Waals surface area contributed by atoms with Crippen molar-refractivity contribution in [2.45, 2.75) is 38.6 Å². The van der Waals surface area contributed by atoms with E-state index in [9.17, 15) is 14.7 Å². The minimum Gasteiger partial charge on any atom is -0.508 e. The maximum atomic E-state index is 12.1. The van der Waals surface area contributed by atoms with Crippen molar-refractivity contribution in [3.8, 4) is 5.75 Å². The van der Waals surface area contributed by atoms with Crippen molar-refractivity contribution in [2.24, 2.45) is 0 Å². The molecular formula is C21H21Cl2NO4. The Kier molecular flexibility index (Phi) is 6.47. The predicted molar refractivity (Wildman–Crippen MR) is 108 cm³/mol. The number of hydrogen-bond acceptors (Lipinski definition) is 3. The van der Waals surface area contributed by atoms with Crippen LogP contribution in [0, 0.1) is 0 Å². The van der Waals surface area contributed by atoms with Crippen LogP contribution < -0.4 is 0 Å². The van der Waals surface area contributed by atoms with Gasteiger partial charge < -0.3 is 15.1 Å². The summed E-state index contributed by atoms with van der Waals surface area (Å²) in [6, 6.07) is 8.48. The fraction of sp³-hybridized carbons (Fsp3) is 0.333. The van der Waals surface area contributed by atoms with Gasteiger partial charge in [-0.3, -0.25) is 9.59 Å². The van der Waals surface area contributed by atoms with Gasteiger partial charge in [-0.25, -0.2) is 0 Å². The number of aliphatic carboxylic acids is 1. The smallest absolute Gasteiger partial charge is 0.307 e. The summed E-state index contributed by atoms with van der Waals surface area (Å²) in [7, 11) is 0. The van der Waals surface area contributed by atoms with Crippen molar-refractivity contribution in [1.82, 2.24) is 4.90 Å². The van der Waals surface area contributed by atoms with Gasteiger partial charge in [-0.1, -0.05) is 29.3 Å². The highest BCUT2D eigenvalue weighted by Gasteiger charge is 2.20. The Morgan fingerprint density at radius 2 is 1.79 bits per heavy atom. The zero-order valence-electron chi connectivity index (χ0n) is 15.3. The molecule has 1 saturated heterocycles. The molecule has 2 N–H and O–H groups in total. The number of amides is 1. The summed E-state index contributed by atoms with van der Waals surface area (Å²) in [6.45, 7) is 1.07. The van der Waals surface area contributed by atoms with Gasteiger partial charge in [-0.15, -0.1) is 0 Å². The molecule has 0 unspecified atom stereocenters. The number of halogens is 2. The summed E-state index contributed by atoms with van der Waals surface area (Å²) in [4.78, 5) is 24.7. The second-order valence-corrected chi connectivity index (χ2v) is 7.84. The van der Waals surface area contributed by atoms with Crippen molar-refractivity contribution in [2.75, 3.05) is 6.54 Å². The third kappa shape index (κ3) is 4.97. The van der Waals surface area contributed by atoms with Crippen molar-refractivity contribution in [3.05, 3.63) is 62.6 Å². The molecule has 7 heteroatoms. The highest BCUT2D eigenvalue weighted by molar-refractivity contribution is 6.36. The highest BCUT2D eigenvalue weighted by atomic mass is 35.5. The number of likely N-dealkylation sites (tertiary alicyclic amines) is 1. The summed E-state index contributed by atoms with van der Waals surface area (Å²) in [5.41, 5.74) is 2.82. The number of carboxylic acid groups (broad SMARTS) is 1. The first kappa shape index (κ1) is 20.5. The Morgan fingerprint density at radius 1 is 1.07 bits per heavy atom. The van der Waals surface area contributed by atoms with E-state index in [0.717, 1.165) is 18.4 Å². The number of phenolic OH excluding ortho intramolecular Hbond substituents is 1. The summed E-state index contributed by atoms with van der Waals surface area (Å²) in [6.07, 6.45) is 2.73. The van der Waals surface area contributed by atoms with Gasteiger partial charge in [0.15, 0.2) is 0 Å². The van der Waals surface area contributed by atoms with Gasteiger partial charge in [0, 0.05) is 41.5 Å². The van der Waals surface area contributed by atoms with E-state index in [2.05, 4.69) is 0 Å². The first-order valence-corrected chi connectivity index (χ1v) is 9.86. The van der Waals surface area contributed by atoms with Crippen molar-refractivity contribution >= 4 is 35.1 Å². The second-order valence-electron chi connectivity index (χ2n) is 7.02. The second kappa shape index (κ2) is 8.84. The Labute approximate surface area is 173 Å². The van der Waals surface area contributed by atoms with E-state index in [1.807, 2.05) is 6.07 Å². The molecule has 0 spiro atoms. The molecule has 2 aromatic carbocycles. The Balaban J connectivity index is 1.81. The molecule has 1 fully saturated rings. The van der Waals surface area contributed by atoms with Crippen LogP contribution in [-0.4, -0.2) is 33.5 Å². The quantitative estimate of drug-likeness (QED) is 0.722. The topological polar surface area (TPSA) is 77.8 Å². The van der Waals surface area contributed by atoms with Gasteiger partial charge in [0.25, 0.3) is 0 Å². The van der Waals surface area contributed by atoms with Crippen LogP contribution >= 0.6 is 23.2 Å². The number of hydrogen-bond donors (Lipinski definition) is 2. The molecule has 0 aliphatic carbocycles. The molecule has 1 aliphatic rings. The van der Waals surface area contributed by atoms with Crippen molar-refractivity contribution in [1.29, 1.82) is 0 Å². The number of carbonyl (C=O) groups is 2.